The van der Waals surface area contributed by atoms with Gasteiger partial charge in [0.15, 0.2) is 0 Å². The summed E-state index contributed by atoms with van der Waals surface area (Å²) in [5, 5.41) is 9.89. The molecule has 0 aliphatic carbocycles. The van der Waals surface area contributed by atoms with Gasteiger partial charge in [0.1, 0.15) is 17.6 Å². The van der Waals surface area contributed by atoms with Gasteiger partial charge in [0.25, 0.3) is 0 Å². The molecule has 0 aromatic heterocycles. The molecular weight excluding hydrogens is 192 g/mol. The molecule has 15 heavy (non-hydrogen) atoms. The Morgan fingerprint density at radius 2 is 2.20 bits per heavy atom. The van der Waals surface area contributed by atoms with Crippen molar-refractivity contribution in [3.63, 3.8) is 0 Å². The van der Waals surface area contributed by atoms with Gasteiger partial charge in [0, 0.05) is 12.0 Å². The van der Waals surface area contributed by atoms with E-state index in [1.165, 1.54) is 0 Å². The van der Waals surface area contributed by atoms with E-state index in [9.17, 15) is 5.11 Å². The van der Waals surface area contributed by atoms with E-state index in [-0.39, 0.29) is 6.10 Å². The highest BCUT2D eigenvalue weighted by Crippen LogP contribution is 2.38. The van der Waals surface area contributed by atoms with Crippen molar-refractivity contribution in [2.24, 2.45) is 0 Å². The Balaban J connectivity index is 2.31. The predicted molar refractivity (Wildman–Crippen MR) is 57.4 cm³/mol. The molecule has 0 saturated heterocycles. The fourth-order valence-corrected chi connectivity index (χ4v) is 1.82. The maximum Gasteiger partial charge on any atom is 0.131 e. The molecule has 3 heteroatoms. The van der Waals surface area contributed by atoms with Crippen molar-refractivity contribution in [2.75, 3.05) is 7.11 Å². The van der Waals surface area contributed by atoms with Crippen molar-refractivity contribution < 1.29 is 14.6 Å². The highest BCUT2D eigenvalue weighted by molar-refractivity contribution is 5.48. The number of methoxy groups -OCH3 is 1. The second kappa shape index (κ2) is 3.42. The molecule has 0 spiro atoms. The Morgan fingerprint density at radius 3 is 2.80 bits per heavy atom. The smallest absolute Gasteiger partial charge is 0.131 e. The first-order valence-electron chi connectivity index (χ1n) is 5.07. The largest absolute Gasteiger partial charge is 0.496 e. The minimum atomic E-state index is -0.829. The molecule has 2 rings (SSSR count). The van der Waals surface area contributed by atoms with Crippen LogP contribution in [0.2, 0.25) is 0 Å². The van der Waals surface area contributed by atoms with Gasteiger partial charge < -0.3 is 14.6 Å². The Labute approximate surface area is 89.6 Å². The van der Waals surface area contributed by atoms with Crippen molar-refractivity contribution in [3.8, 4) is 11.5 Å². The first kappa shape index (κ1) is 10.3. The topological polar surface area (TPSA) is 38.7 Å². The second-order valence-electron chi connectivity index (χ2n) is 4.40. The van der Waals surface area contributed by atoms with Crippen LogP contribution >= 0.6 is 0 Å². The summed E-state index contributed by atoms with van der Waals surface area (Å²) in [5.41, 5.74) is 0.219. The number of fused-ring (bicyclic) bond motifs is 1. The molecule has 82 valence electrons. The van der Waals surface area contributed by atoms with Crippen molar-refractivity contribution in [1.82, 2.24) is 0 Å². The number of benzene rings is 1. The normalized spacial score (nSPS) is 19.6. The highest BCUT2D eigenvalue weighted by atomic mass is 16.5. The lowest BCUT2D eigenvalue weighted by molar-refractivity contribution is -0.0229. The zero-order valence-corrected chi connectivity index (χ0v) is 9.28. The van der Waals surface area contributed by atoms with Gasteiger partial charge in [0.2, 0.25) is 0 Å². The molecule has 1 aliphatic rings. The molecule has 0 fully saturated rings. The van der Waals surface area contributed by atoms with E-state index in [1.807, 2.05) is 18.2 Å². The second-order valence-corrected chi connectivity index (χ2v) is 4.40. The molecule has 3 nitrogen and oxygen atoms in total. The van der Waals surface area contributed by atoms with E-state index >= 15 is 0 Å². The van der Waals surface area contributed by atoms with E-state index in [1.54, 1.807) is 21.0 Å². The number of ether oxygens (including phenoxy) is 2. The molecule has 1 aromatic carbocycles. The third kappa shape index (κ3) is 1.79. The van der Waals surface area contributed by atoms with Crippen LogP contribution in [0.25, 0.3) is 0 Å². The van der Waals surface area contributed by atoms with Gasteiger partial charge in [-0.05, 0) is 26.0 Å². The summed E-state index contributed by atoms with van der Waals surface area (Å²) in [6.07, 6.45) is 0.506. The number of hydrogen-bond acceptors (Lipinski definition) is 3. The van der Waals surface area contributed by atoms with Gasteiger partial charge in [-0.25, -0.2) is 0 Å². The van der Waals surface area contributed by atoms with Gasteiger partial charge in [-0.2, -0.15) is 0 Å². The molecule has 1 N–H and O–H groups in total. The quantitative estimate of drug-likeness (QED) is 0.805. The zero-order valence-electron chi connectivity index (χ0n) is 9.28. The van der Waals surface area contributed by atoms with Gasteiger partial charge in [0.05, 0.1) is 12.7 Å². The zero-order chi connectivity index (χ0) is 11.1. The van der Waals surface area contributed by atoms with Gasteiger partial charge in [-0.15, -0.1) is 0 Å². The lowest BCUT2D eigenvalue weighted by Crippen LogP contribution is -2.39. The summed E-state index contributed by atoms with van der Waals surface area (Å²) in [6, 6.07) is 5.71. The van der Waals surface area contributed by atoms with Crippen LogP contribution in [-0.4, -0.2) is 23.9 Å². The third-order valence-corrected chi connectivity index (χ3v) is 2.76. The first-order valence-corrected chi connectivity index (χ1v) is 5.07. The molecule has 1 aromatic rings. The summed E-state index contributed by atoms with van der Waals surface area (Å²) in [7, 11) is 1.65. The monoisotopic (exact) mass is 208 g/mol. The fraction of sp³-hybridized carbons (Fsp3) is 0.500. The summed E-state index contributed by atoms with van der Waals surface area (Å²) >= 11 is 0. The van der Waals surface area contributed by atoms with E-state index in [2.05, 4.69) is 0 Å². The summed E-state index contributed by atoms with van der Waals surface area (Å²) in [5.74, 6) is 1.65. The number of hydrogen-bond donors (Lipinski definition) is 1. The standard InChI is InChI=1S/C12H16O3/c1-12(2,13)11-7-8-9(14-3)5-4-6-10(8)15-11/h4-6,11,13H,7H2,1-3H3. The molecule has 0 amide bonds. The Hall–Kier alpha value is -1.22. The Bertz CT molecular complexity index is 366. The van der Waals surface area contributed by atoms with Gasteiger partial charge in [-0.3, -0.25) is 0 Å². The van der Waals surface area contributed by atoms with E-state index in [4.69, 9.17) is 9.47 Å². The van der Waals surface area contributed by atoms with Crippen LogP contribution in [0.4, 0.5) is 0 Å². The lowest BCUT2D eigenvalue weighted by Gasteiger charge is -2.24. The van der Waals surface area contributed by atoms with Crippen LogP contribution in [0, 0.1) is 0 Å². The van der Waals surface area contributed by atoms with Crippen LogP contribution in [0.15, 0.2) is 18.2 Å². The maximum absolute atomic E-state index is 9.89. The van der Waals surface area contributed by atoms with Crippen molar-refractivity contribution >= 4 is 0 Å². The Kier molecular flexibility index (Phi) is 2.35. The van der Waals surface area contributed by atoms with Crippen LogP contribution in [0.3, 0.4) is 0 Å². The van der Waals surface area contributed by atoms with E-state index in [0.717, 1.165) is 17.1 Å². The minimum absolute atomic E-state index is 0.191. The highest BCUT2D eigenvalue weighted by Gasteiger charge is 2.36. The minimum Gasteiger partial charge on any atom is -0.496 e. The Morgan fingerprint density at radius 1 is 1.47 bits per heavy atom. The molecule has 1 unspecified atom stereocenters. The SMILES string of the molecule is COc1cccc2c1CC(C(C)(C)O)O2. The summed E-state index contributed by atoms with van der Waals surface area (Å²) < 4.78 is 10.9. The van der Waals surface area contributed by atoms with Gasteiger partial charge >= 0.3 is 0 Å². The number of rotatable bonds is 2. The van der Waals surface area contributed by atoms with Crippen LogP contribution in [0.1, 0.15) is 19.4 Å². The number of aliphatic hydroxyl groups is 1. The molecule has 0 radical (unpaired) electrons. The summed E-state index contributed by atoms with van der Waals surface area (Å²) in [4.78, 5) is 0. The molecule has 1 heterocycles. The van der Waals surface area contributed by atoms with E-state index < -0.39 is 5.60 Å². The molecular formula is C12H16O3. The average Bonchev–Trinajstić information content (AvgIpc) is 2.59. The first-order chi connectivity index (χ1) is 7.02. The maximum atomic E-state index is 9.89. The fourth-order valence-electron chi connectivity index (χ4n) is 1.82. The molecule has 1 atom stereocenters. The molecule has 0 saturated carbocycles. The van der Waals surface area contributed by atoms with Gasteiger partial charge in [-0.1, -0.05) is 6.07 Å². The van der Waals surface area contributed by atoms with E-state index in [0.29, 0.717) is 6.42 Å². The van der Waals surface area contributed by atoms with Crippen molar-refractivity contribution in [2.45, 2.75) is 32.0 Å². The van der Waals surface area contributed by atoms with Crippen molar-refractivity contribution in [3.05, 3.63) is 23.8 Å². The predicted octanol–water partition coefficient (Wildman–Crippen LogP) is 1.77. The van der Waals surface area contributed by atoms with Crippen LogP contribution < -0.4 is 9.47 Å². The van der Waals surface area contributed by atoms with Crippen molar-refractivity contribution in [1.29, 1.82) is 0 Å². The third-order valence-electron chi connectivity index (χ3n) is 2.76. The van der Waals surface area contributed by atoms with Crippen LogP contribution in [0.5, 0.6) is 11.5 Å². The van der Waals surface area contributed by atoms with Crippen LogP contribution in [-0.2, 0) is 6.42 Å². The molecule has 1 aliphatic heterocycles. The average molecular weight is 208 g/mol. The molecule has 0 bridgehead atoms. The lowest BCUT2D eigenvalue weighted by atomic mass is 9.97. The summed E-state index contributed by atoms with van der Waals surface area (Å²) in [6.45, 7) is 3.52.